The lowest BCUT2D eigenvalue weighted by molar-refractivity contribution is -0.143. The molecule has 0 aliphatic rings. The van der Waals surface area contributed by atoms with Crippen LogP contribution >= 0.6 is 0 Å². The summed E-state index contributed by atoms with van der Waals surface area (Å²) in [4.78, 5) is 12.1. The van der Waals surface area contributed by atoms with Crippen LogP contribution in [-0.2, 0) is 9.53 Å². The van der Waals surface area contributed by atoms with Crippen LogP contribution in [0, 0.1) is 0 Å². The van der Waals surface area contributed by atoms with Gasteiger partial charge >= 0.3 is 5.97 Å². The van der Waals surface area contributed by atoms with Crippen LogP contribution in [0.15, 0.2) is 0 Å². The minimum atomic E-state index is 0.0378. The van der Waals surface area contributed by atoms with Gasteiger partial charge in [-0.05, 0) is 12.8 Å². The van der Waals surface area contributed by atoms with Crippen molar-refractivity contribution in [2.45, 2.75) is 412 Å². The van der Waals surface area contributed by atoms with Gasteiger partial charge in [0.2, 0.25) is 0 Å². The van der Waals surface area contributed by atoms with Crippen LogP contribution in [0.4, 0.5) is 0 Å². The summed E-state index contributed by atoms with van der Waals surface area (Å²) < 4.78 is 5.53. The molecule has 0 radical (unpaired) electrons. The van der Waals surface area contributed by atoms with E-state index in [9.17, 15) is 4.79 Å². The van der Waals surface area contributed by atoms with Gasteiger partial charge in [0.25, 0.3) is 0 Å². The van der Waals surface area contributed by atoms with Gasteiger partial charge in [-0.2, -0.15) is 0 Å². The van der Waals surface area contributed by atoms with Crippen molar-refractivity contribution in [1.82, 2.24) is 0 Å². The van der Waals surface area contributed by atoms with E-state index in [1.807, 2.05) is 0 Å². The Balaban J connectivity index is 3.14. The molecule has 0 aliphatic heterocycles. The number of carbonyl (C=O) groups excluding carboxylic acids is 1. The van der Waals surface area contributed by atoms with Gasteiger partial charge in [0.15, 0.2) is 0 Å². The summed E-state index contributed by atoms with van der Waals surface area (Å²) in [7, 11) is 0. The van der Waals surface area contributed by atoms with Crippen molar-refractivity contribution in [2.24, 2.45) is 0 Å². The fourth-order valence-electron chi connectivity index (χ4n) is 10.9. The quantitative estimate of drug-likeness (QED) is 0.0449. The first-order valence-electron chi connectivity index (χ1n) is 33.0. The van der Waals surface area contributed by atoms with E-state index >= 15 is 0 Å². The van der Waals surface area contributed by atoms with Gasteiger partial charge in [0.1, 0.15) is 0 Å². The molecule has 2 nitrogen and oxygen atoms in total. The van der Waals surface area contributed by atoms with E-state index in [1.165, 1.54) is 379 Å². The fourth-order valence-corrected chi connectivity index (χ4v) is 10.9. The molecule has 0 N–H and O–H groups in total. The Kier molecular flexibility index (Phi) is 64.0. The first-order chi connectivity index (χ1) is 33.8. The fraction of sp³-hybridized carbons (Fsp3) is 0.985. The molecule has 0 saturated carbocycles. The molecule has 0 bridgehead atoms. The molecule has 0 spiro atoms. The van der Waals surface area contributed by atoms with Crippen LogP contribution in [0.25, 0.3) is 0 Å². The third-order valence-electron chi connectivity index (χ3n) is 15.7. The van der Waals surface area contributed by atoms with Crippen LogP contribution in [-0.4, -0.2) is 12.6 Å². The minimum Gasteiger partial charge on any atom is -0.466 e. The summed E-state index contributed by atoms with van der Waals surface area (Å²) in [6.07, 6.45) is 87.7. The summed E-state index contributed by atoms with van der Waals surface area (Å²) in [5.74, 6) is 0.0378. The molecule has 0 amide bonds. The monoisotopic (exact) mass is 957 g/mol. The van der Waals surface area contributed by atoms with E-state index in [0.717, 1.165) is 12.8 Å². The molecule has 0 aromatic carbocycles. The molecule has 0 heterocycles. The summed E-state index contributed by atoms with van der Waals surface area (Å²) in [6, 6.07) is 0. The first-order valence-corrected chi connectivity index (χ1v) is 33.0. The summed E-state index contributed by atoms with van der Waals surface area (Å²) >= 11 is 0. The molecule has 0 aromatic rings. The average Bonchev–Trinajstić information content (AvgIpc) is 3.35. The van der Waals surface area contributed by atoms with Crippen LogP contribution in [0.3, 0.4) is 0 Å². The van der Waals surface area contributed by atoms with Crippen molar-refractivity contribution in [2.75, 3.05) is 6.61 Å². The number of carbonyl (C=O) groups is 1. The molecule has 0 fully saturated rings. The average molecular weight is 958 g/mol. The molecular formula is C66H132O2. The second kappa shape index (κ2) is 64.5. The maximum Gasteiger partial charge on any atom is 0.305 e. The van der Waals surface area contributed by atoms with Gasteiger partial charge in [-0.1, -0.05) is 393 Å². The molecule has 408 valence electrons. The number of unbranched alkanes of at least 4 members (excludes halogenated alkanes) is 59. The third-order valence-corrected chi connectivity index (χ3v) is 15.7. The molecule has 0 rings (SSSR count). The van der Waals surface area contributed by atoms with Gasteiger partial charge < -0.3 is 4.74 Å². The maximum atomic E-state index is 12.1. The van der Waals surface area contributed by atoms with E-state index in [1.54, 1.807) is 0 Å². The van der Waals surface area contributed by atoms with E-state index in [-0.39, 0.29) is 5.97 Å². The van der Waals surface area contributed by atoms with Crippen molar-refractivity contribution < 1.29 is 9.53 Å². The normalized spacial score (nSPS) is 11.6. The second-order valence-electron chi connectivity index (χ2n) is 22.8. The molecular weight excluding hydrogens is 825 g/mol. The maximum absolute atomic E-state index is 12.1. The highest BCUT2D eigenvalue weighted by atomic mass is 16.5. The van der Waals surface area contributed by atoms with Crippen LogP contribution in [0.5, 0.6) is 0 Å². The zero-order valence-electron chi connectivity index (χ0n) is 47.9. The van der Waals surface area contributed by atoms with Crippen LogP contribution < -0.4 is 0 Å². The Morgan fingerprint density at radius 3 is 0.485 bits per heavy atom. The highest BCUT2D eigenvalue weighted by Gasteiger charge is 2.04. The SMILES string of the molecule is CCCCCCCCCCCCCCCCCCCCCCCCCCCCCCCCCC(=O)OCCCCCCCCCCCCCCCCCCCCCCCCCCCCCCCC. The van der Waals surface area contributed by atoms with Crippen LogP contribution in [0.1, 0.15) is 412 Å². The molecule has 0 aliphatic carbocycles. The van der Waals surface area contributed by atoms with Crippen molar-refractivity contribution in [3.8, 4) is 0 Å². The molecule has 0 unspecified atom stereocenters. The standard InChI is InChI=1S/C66H132O2/c1-3-5-7-9-11-13-15-17-19-21-23-25-27-29-31-33-35-36-38-40-42-44-46-48-50-52-54-56-58-60-62-64-66(67)68-65-63-61-59-57-55-53-51-49-47-45-43-41-39-37-34-32-30-28-26-24-22-20-18-16-14-12-10-8-6-4-2/h3-65H2,1-2H3. The number of hydrogen-bond donors (Lipinski definition) is 0. The topological polar surface area (TPSA) is 26.3 Å². The molecule has 0 atom stereocenters. The zero-order valence-corrected chi connectivity index (χ0v) is 47.9. The third kappa shape index (κ3) is 63.5. The van der Waals surface area contributed by atoms with Gasteiger partial charge in [0, 0.05) is 6.42 Å². The lowest BCUT2D eigenvalue weighted by atomic mass is 10.0. The van der Waals surface area contributed by atoms with E-state index in [0.29, 0.717) is 13.0 Å². The van der Waals surface area contributed by atoms with Gasteiger partial charge in [0.05, 0.1) is 6.61 Å². The Bertz CT molecular complexity index is 799. The molecule has 0 saturated heterocycles. The Morgan fingerprint density at radius 1 is 0.191 bits per heavy atom. The molecule has 68 heavy (non-hydrogen) atoms. The highest BCUT2D eigenvalue weighted by Crippen LogP contribution is 2.19. The smallest absolute Gasteiger partial charge is 0.305 e. The van der Waals surface area contributed by atoms with E-state index in [2.05, 4.69) is 13.8 Å². The molecule has 0 aromatic heterocycles. The first kappa shape index (κ1) is 67.5. The number of rotatable bonds is 63. The summed E-state index contributed by atoms with van der Waals surface area (Å²) in [6.45, 7) is 5.25. The molecule has 2 heteroatoms. The Morgan fingerprint density at radius 2 is 0.324 bits per heavy atom. The van der Waals surface area contributed by atoms with Gasteiger partial charge in [-0.3, -0.25) is 4.79 Å². The van der Waals surface area contributed by atoms with Crippen molar-refractivity contribution in [3.05, 3.63) is 0 Å². The lowest BCUT2D eigenvalue weighted by Gasteiger charge is -2.06. The number of ether oxygens (including phenoxy) is 1. The number of hydrogen-bond acceptors (Lipinski definition) is 2. The minimum absolute atomic E-state index is 0.0378. The van der Waals surface area contributed by atoms with Gasteiger partial charge in [-0.25, -0.2) is 0 Å². The summed E-state index contributed by atoms with van der Waals surface area (Å²) in [5, 5.41) is 0. The second-order valence-corrected chi connectivity index (χ2v) is 22.8. The van der Waals surface area contributed by atoms with Crippen molar-refractivity contribution >= 4 is 5.97 Å². The Labute approximate surface area is 432 Å². The number of esters is 1. The zero-order chi connectivity index (χ0) is 48.8. The van der Waals surface area contributed by atoms with E-state index in [4.69, 9.17) is 4.74 Å². The summed E-state index contributed by atoms with van der Waals surface area (Å²) in [5.41, 5.74) is 0. The predicted octanol–water partition coefficient (Wildman–Crippen LogP) is 24.8. The van der Waals surface area contributed by atoms with E-state index < -0.39 is 0 Å². The highest BCUT2D eigenvalue weighted by molar-refractivity contribution is 5.69. The largest absolute Gasteiger partial charge is 0.466 e. The lowest BCUT2D eigenvalue weighted by Crippen LogP contribution is -2.05. The van der Waals surface area contributed by atoms with Crippen molar-refractivity contribution in [1.29, 1.82) is 0 Å². The predicted molar refractivity (Wildman–Crippen MR) is 309 cm³/mol. The van der Waals surface area contributed by atoms with Crippen molar-refractivity contribution in [3.63, 3.8) is 0 Å². The van der Waals surface area contributed by atoms with Gasteiger partial charge in [-0.15, -0.1) is 0 Å². The van der Waals surface area contributed by atoms with Crippen LogP contribution in [0.2, 0.25) is 0 Å². The Hall–Kier alpha value is -0.530.